The van der Waals surface area contributed by atoms with Crippen molar-refractivity contribution in [2.75, 3.05) is 12.4 Å². The zero-order chi connectivity index (χ0) is 11.0. The molecule has 0 amide bonds. The largest absolute Gasteiger partial charge is 0.503 e. The first-order chi connectivity index (χ1) is 7.15. The van der Waals surface area contributed by atoms with Crippen molar-refractivity contribution in [1.82, 2.24) is 0 Å². The van der Waals surface area contributed by atoms with E-state index in [0.717, 1.165) is 5.69 Å². The Labute approximate surface area is 85.5 Å². The third-order valence-electron chi connectivity index (χ3n) is 2.35. The van der Waals surface area contributed by atoms with Gasteiger partial charge in [0, 0.05) is 12.7 Å². The maximum Gasteiger partial charge on any atom is 0.268 e. The Morgan fingerprint density at radius 1 is 1.07 bits per heavy atom. The number of anilines is 1. The van der Waals surface area contributed by atoms with E-state index in [9.17, 15) is 14.7 Å². The average Bonchev–Trinajstić information content (AvgIpc) is 2.30. The van der Waals surface area contributed by atoms with Crippen molar-refractivity contribution in [3.8, 4) is 16.9 Å². The molecule has 0 heterocycles. The third kappa shape index (κ3) is 1.30. The summed E-state index contributed by atoms with van der Waals surface area (Å²) in [7, 11) is 1.78. The highest BCUT2D eigenvalue weighted by Gasteiger charge is 2.20. The number of hydrogen-bond acceptors (Lipinski definition) is 4. The maximum absolute atomic E-state index is 11.1. The summed E-state index contributed by atoms with van der Waals surface area (Å²) in [6, 6.07) is 6.90. The van der Waals surface area contributed by atoms with Crippen LogP contribution in [0.4, 0.5) is 5.69 Å². The minimum absolute atomic E-state index is 0.114. The van der Waals surface area contributed by atoms with Gasteiger partial charge in [0.15, 0.2) is 5.75 Å². The van der Waals surface area contributed by atoms with Crippen LogP contribution in [0.15, 0.2) is 33.9 Å². The third-order valence-corrected chi connectivity index (χ3v) is 2.35. The molecule has 0 aliphatic carbocycles. The lowest BCUT2D eigenvalue weighted by Crippen LogP contribution is -2.31. The number of aromatic hydroxyl groups is 1. The molecule has 2 rings (SSSR count). The summed E-state index contributed by atoms with van der Waals surface area (Å²) in [5, 5.41) is 12.2. The Morgan fingerprint density at radius 3 is 2.13 bits per heavy atom. The summed E-state index contributed by atoms with van der Waals surface area (Å²) in [4.78, 5) is 21.9. The Kier molecular flexibility index (Phi) is 2.04. The molecule has 0 saturated carbocycles. The van der Waals surface area contributed by atoms with Gasteiger partial charge in [-0.1, -0.05) is 12.1 Å². The minimum atomic E-state index is -0.803. The van der Waals surface area contributed by atoms with E-state index in [1.54, 1.807) is 31.3 Å². The zero-order valence-electron chi connectivity index (χ0n) is 8.07. The number of hydrogen-bond donors (Lipinski definition) is 2. The van der Waals surface area contributed by atoms with Crippen LogP contribution in [0.25, 0.3) is 11.1 Å². The lowest BCUT2D eigenvalue weighted by atomic mass is 10.00. The van der Waals surface area contributed by atoms with Crippen LogP contribution in [-0.4, -0.2) is 12.2 Å². The first-order valence-corrected chi connectivity index (χ1v) is 4.45. The van der Waals surface area contributed by atoms with Crippen molar-refractivity contribution in [2.24, 2.45) is 0 Å². The second-order valence-corrected chi connectivity index (χ2v) is 3.21. The van der Waals surface area contributed by atoms with Crippen LogP contribution >= 0.6 is 0 Å². The van der Waals surface area contributed by atoms with Crippen LogP contribution in [-0.2, 0) is 0 Å². The molecular formula is C11H9NO3. The molecule has 4 nitrogen and oxygen atoms in total. The van der Waals surface area contributed by atoms with E-state index < -0.39 is 16.6 Å². The van der Waals surface area contributed by atoms with Gasteiger partial charge in [-0.2, -0.15) is 0 Å². The van der Waals surface area contributed by atoms with Crippen molar-refractivity contribution < 1.29 is 5.11 Å². The van der Waals surface area contributed by atoms with Crippen molar-refractivity contribution in [3.63, 3.8) is 0 Å². The molecule has 15 heavy (non-hydrogen) atoms. The first kappa shape index (κ1) is 9.45. The molecule has 4 heteroatoms. The highest BCUT2D eigenvalue weighted by atomic mass is 16.3. The van der Waals surface area contributed by atoms with E-state index in [0.29, 0.717) is 5.56 Å². The van der Waals surface area contributed by atoms with Crippen LogP contribution < -0.4 is 16.2 Å². The average molecular weight is 203 g/mol. The summed E-state index contributed by atoms with van der Waals surface area (Å²) < 4.78 is 0. The lowest BCUT2D eigenvalue weighted by molar-refractivity contribution is 0.465. The maximum atomic E-state index is 11.1. The Hall–Kier alpha value is -2.10. The van der Waals surface area contributed by atoms with Gasteiger partial charge in [0.2, 0.25) is 5.43 Å². The van der Waals surface area contributed by atoms with Gasteiger partial charge in [0.1, 0.15) is 0 Å². The van der Waals surface area contributed by atoms with Gasteiger partial charge in [-0.3, -0.25) is 9.59 Å². The highest BCUT2D eigenvalue weighted by Crippen LogP contribution is 2.25. The van der Waals surface area contributed by atoms with E-state index >= 15 is 0 Å². The molecule has 0 unspecified atom stereocenters. The second kappa shape index (κ2) is 3.24. The SMILES string of the molecule is CNc1ccc(-c2c(O)c(=O)c2=O)cc1. The molecule has 76 valence electrons. The van der Waals surface area contributed by atoms with Gasteiger partial charge in [-0.05, 0) is 17.7 Å². The van der Waals surface area contributed by atoms with Crippen LogP contribution in [0.3, 0.4) is 0 Å². The molecule has 0 aliphatic rings. The normalized spacial score (nSPS) is 10.5. The molecule has 0 spiro atoms. The fourth-order valence-electron chi connectivity index (χ4n) is 1.45. The smallest absolute Gasteiger partial charge is 0.268 e. The van der Waals surface area contributed by atoms with Crippen LogP contribution in [0.1, 0.15) is 0 Å². The van der Waals surface area contributed by atoms with E-state index in [4.69, 9.17) is 0 Å². The Bertz CT molecular complexity index is 562. The summed E-state index contributed by atoms with van der Waals surface area (Å²) in [5.74, 6) is -0.433. The monoisotopic (exact) mass is 203 g/mol. The van der Waals surface area contributed by atoms with E-state index in [1.165, 1.54) is 0 Å². The summed E-state index contributed by atoms with van der Waals surface area (Å²) in [6.45, 7) is 0. The summed E-state index contributed by atoms with van der Waals surface area (Å²) in [6.07, 6.45) is 0. The molecule has 0 atom stereocenters. The quantitative estimate of drug-likeness (QED) is 0.705. The van der Waals surface area contributed by atoms with Crippen LogP contribution in [0.2, 0.25) is 0 Å². The van der Waals surface area contributed by atoms with Gasteiger partial charge in [0.25, 0.3) is 5.43 Å². The Balaban J connectivity index is 2.48. The fourth-order valence-corrected chi connectivity index (χ4v) is 1.45. The topological polar surface area (TPSA) is 66.4 Å². The summed E-state index contributed by atoms with van der Waals surface area (Å²) in [5.41, 5.74) is 0.156. The van der Waals surface area contributed by atoms with E-state index in [2.05, 4.69) is 5.32 Å². The molecule has 0 radical (unpaired) electrons. The Morgan fingerprint density at radius 2 is 1.67 bits per heavy atom. The van der Waals surface area contributed by atoms with Crippen LogP contribution in [0, 0.1) is 0 Å². The predicted molar refractivity (Wildman–Crippen MR) is 58.0 cm³/mol. The highest BCUT2D eigenvalue weighted by molar-refractivity contribution is 5.74. The summed E-state index contributed by atoms with van der Waals surface area (Å²) >= 11 is 0. The van der Waals surface area contributed by atoms with Gasteiger partial charge in [-0.25, -0.2) is 0 Å². The predicted octanol–water partition coefficient (Wildman–Crippen LogP) is 0.697. The standard InChI is InChI=1S/C11H9NO3/c1-12-7-4-2-6(3-5-7)8-9(13)11(15)10(8)14/h2-5,12-13H,1H3. The molecule has 2 N–H and O–H groups in total. The minimum Gasteiger partial charge on any atom is -0.503 e. The molecule has 2 aromatic carbocycles. The number of nitrogens with one attached hydrogen (secondary N) is 1. The molecule has 0 aliphatic heterocycles. The number of rotatable bonds is 2. The first-order valence-electron chi connectivity index (χ1n) is 4.45. The van der Waals surface area contributed by atoms with E-state index in [-0.39, 0.29) is 5.56 Å². The van der Waals surface area contributed by atoms with Crippen LogP contribution in [0.5, 0.6) is 5.75 Å². The molecule has 0 saturated heterocycles. The molecule has 0 aromatic heterocycles. The van der Waals surface area contributed by atoms with Gasteiger partial charge < -0.3 is 10.4 Å². The van der Waals surface area contributed by atoms with Gasteiger partial charge in [0.05, 0.1) is 5.56 Å². The molecule has 2 aromatic rings. The zero-order valence-corrected chi connectivity index (χ0v) is 8.07. The van der Waals surface area contributed by atoms with Gasteiger partial charge in [-0.15, -0.1) is 0 Å². The van der Waals surface area contributed by atoms with Crippen molar-refractivity contribution in [3.05, 3.63) is 44.7 Å². The lowest BCUT2D eigenvalue weighted by Gasteiger charge is -2.06. The van der Waals surface area contributed by atoms with Crippen molar-refractivity contribution in [1.29, 1.82) is 0 Å². The van der Waals surface area contributed by atoms with Crippen molar-refractivity contribution >= 4 is 5.69 Å². The van der Waals surface area contributed by atoms with Gasteiger partial charge >= 0.3 is 0 Å². The second-order valence-electron chi connectivity index (χ2n) is 3.21. The number of benzene rings is 1. The van der Waals surface area contributed by atoms with Crippen molar-refractivity contribution in [2.45, 2.75) is 0 Å². The molecule has 0 fully saturated rings. The fraction of sp³-hybridized carbons (Fsp3) is 0.0909. The molecule has 0 bridgehead atoms. The van der Waals surface area contributed by atoms with E-state index in [1.807, 2.05) is 0 Å². The molecular weight excluding hydrogens is 194 g/mol.